The number of nitrogens with one attached hydrogen (secondary N) is 2. The van der Waals surface area contributed by atoms with Crippen LogP contribution in [-0.4, -0.2) is 42.0 Å². The molecule has 0 radical (unpaired) electrons. The van der Waals surface area contributed by atoms with Gasteiger partial charge in [0.05, 0.1) is 6.61 Å². The van der Waals surface area contributed by atoms with Crippen LogP contribution in [0.15, 0.2) is 24.3 Å². The first kappa shape index (κ1) is 18.7. The molecule has 9 heteroatoms. The van der Waals surface area contributed by atoms with E-state index in [1.807, 2.05) is 5.32 Å². The average Bonchev–Trinajstić information content (AvgIpc) is 2.80. The zero-order valence-electron chi connectivity index (χ0n) is 13.8. The third-order valence-corrected chi connectivity index (χ3v) is 4.11. The molecule has 8 nitrogen and oxygen atoms in total. The number of benzene rings is 1. The van der Waals surface area contributed by atoms with Gasteiger partial charge < -0.3 is 10.1 Å². The topological polar surface area (TPSA) is 105 Å². The van der Waals surface area contributed by atoms with Crippen molar-refractivity contribution in [1.29, 1.82) is 0 Å². The second-order valence-corrected chi connectivity index (χ2v) is 5.79. The second kappa shape index (κ2) is 7.52. The van der Waals surface area contributed by atoms with Crippen LogP contribution in [0.2, 0.25) is 5.02 Å². The number of halogens is 1. The minimum absolute atomic E-state index is 0.0950. The van der Waals surface area contributed by atoms with Gasteiger partial charge in [0.2, 0.25) is 5.91 Å². The molecule has 1 aliphatic heterocycles. The summed E-state index contributed by atoms with van der Waals surface area (Å²) in [6.07, 6.45) is -0.645. The molecule has 2 rings (SSSR count). The molecule has 1 fully saturated rings. The van der Waals surface area contributed by atoms with Gasteiger partial charge in [0.25, 0.3) is 5.91 Å². The highest BCUT2D eigenvalue weighted by Crippen LogP contribution is 2.32. The van der Waals surface area contributed by atoms with Gasteiger partial charge in [0.15, 0.2) is 0 Å². The summed E-state index contributed by atoms with van der Waals surface area (Å²) in [5, 5.41) is 5.08. The predicted molar refractivity (Wildman–Crippen MR) is 88.8 cm³/mol. The van der Waals surface area contributed by atoms with E-state index in [0.29, 0.717) is 10.6 Å². The first-order chi connectivity index (χ1) is 11.8. The standard InChI is InChI=1S/C16H18ClN3O5/c1-3-16(10-5-7-11(17)8-6-10)13(22)20(14(23)19-16)9-12(21)18-15(24)25-4-2/h5-8H,3-4,9H2,1-2H3,(H,19,23)(H,18,21,24)/t16-/m1/s1. The molecule has 0 spiro atoms. The van der Waals surface area contributed by atoms with Crippen LogP contribution in [0.3, 0.4) is 0 Å². The quantitative estimate of drug-likeness (QED) is 0.772. The van der Waals surface area contributed by atoms with E-state index >= 15 is 0 Å². The molecule has 1 aromatic rings. The molecule has 25 heavy (non-hydrogen) atoms. The third kappa shape index (κ3) is 3.74. The summed E-state index contributed by atoms with van der Waals surface area (Å²) in [6.45, 7) is 2.84. The van der Waals surface area contributed by atoms with E-state index in [1.54, 1.807) is 38.1 Å². The Bertz CT molecular complexity index is 706. The largest absolute Gasteiger partial charge is 0.450 e. The van der Waals surface area contributed by atoms with Crippen molar-refractivity contribution in [2.75, 3.05) is 13.2 Å². The SMILES string of the molecule is CCOC(=O)NC(=O)CN1C(=O)N[C@](CC)(c2ccc(Cl)cc2)C1=O. The fraction of sp³-hybridized carbons (Fsp3) is 0.375. The van der Waals surface area contributed by atoms with Gasteiger partial charge in [0, 0.05) is 5.02 Å². The first-order valence-electron chi connectivity index (χ1n) is 7.70. The number of imide groups is 2. The fourth-order valence-electron chi connectivity index (χ4n) is 2.61. The summed E-state index contributed by atoms with van der Waals surface area (Å²) in [5.41, 5.74) is -0.711. The highest BCUT2D eigenvalue weighted by Gasteiger charge is 2.51. The maximum atomic E-state index is 12.8. The summed E-state index contributed by atoms with van der Waals surface area (Å²) < 4.78 is 4.59. The van der Waals surface area contributed by atoms with Crippen molar-refractivity contribution in [3.8, 4) is 0 Å². The van der Waals surface area contributed by atoms with Gasteiger partial charge in [-0.2, -0.15) is 0 Å². The van der Waals surface area contributed by atoms with Gasteiger partial charge >= 0.3 is 12.1 Å². The van der Waals surface area contributed by atoms with Crippen molar-refractivity contribution in [2.24, 2.45) is 0 Å². The number of nitrogens with zero attached hydrogens (tertiary/aromatic N) is 1. The molecule has 2 N–H and O–H groups in total. The van der Waals surface area contributed by atoms with Gasteiger partial charge in [-0.05, 0) is 31.0 Å². The van der Waals surface area contributed by atoms with Crippen LogP contribution in [0.5, 0.6) is 0 Å². The Morgan fingerprint density at radius 1 is 1.24 bits per heavy atom. The second-order valence-electron chi connectivity index (χ2n) is 5.36. The molecule has 134 valence electrons. The molecule has 5 amide bonds. The van der Waals surface area contributed by atoms with Crippen LogP contribution < -0.4 is 10.6 Å². The molecule has 0 unspecified atom stereocenters. The van der Waals surface area contributed by atoms with Gasteiger partial charge in [-0.1, -0.05) is 30.7 Å². The van der Waals surface area contributed by atoms with E-state index in [9.17, 15) is 19.2 Å². The monoisotopic (exact) mass is 367 g/mol. The van der Waals surface area contributed by atoms with Crippen LogP contribution in [0, 0.1) is 0 Å². The van der Waals surface area contributed by atoms with Crippen LogP contribution in [0.25, 0.3) is 0 Å². The molecule has 0 saturated carbocycles. The molecular formula is C16H18ClN3O5. The Kier molecular flexibility index (Phi) is 5.63. The number of carbonyl (C=O) groups is 4. The predicted octanol–water partition coefficient (Wildman–Crippen LogP) is 1.77. The Morgan fingerprint density at radius 3 is 2.44 bits per heavy atom. The summed E-state index contributed by atoms with van der Waals surface area (Å²) >= 11 is 5.86. The normalized spacial score (nSPS) is 19.6. The lowest BCUT2D eigenvalue weighted by molar-refractivity contribution is -0.135. The van der Waals surface area contributed by atoms with Gasteiger partial charge in [-0.25, -0.2) is 9.59 Å². The van der Waals surface area contributed by atoms with Crippen LogP contribution in [-0.2, 0) is 19.9 Å². The van der Waals surface area contributed by atoms with Crippen molar-refractivity contribution >= 4 is 35.5 Å². The zero-order chi connectivity index (χ0) is 18.6. The number of carbonyl (C=O) groups excluding carboxylic acids is 4. The molecule has 0 aromatic heterocycles. The van der Waals surface area contributed by atoms with Crippen molar-refractivity contribution in [3.05, 3.63) is 34.9 Å². The fourth-order valence-corrected chi connectivity index (χ4v) is 2.73. The van der Waals surface area contributed by atoms with E-state index in [-0.39, 0.29) is 13.0 Å². The molecular weight excluding hydrogens is 350 g/mol. The number of amides is 5. The van der Waals surface area contributed by atoms with Gasteiger partial charge in [-0.15, -0.1) is 0 Å². The molecule has 0 aliphatic carbocycles. The molecule has 1 aliphatic rings. The lowest BCUT2D eigenvalue weighted by atomic mass is 9.87. The molecule has 1 saturated heterocycles. The molecule has 1 aromatic carbocycles. The number of hydrogen-bond acceptors (Lipinski definition) is 5. The number of alkyl carbamates (subject to hydrolysis) is 1. The minimum atomic E-state index is -1.27. The van der Waals surface area contributed by atoms with Crippen molar-refractivity contribution in [2.45, 2.75) is 25.8 Å². The summed E-state index contributed by atoms with van der Waals surface area (Å²) in [5.74, 6) is -1.38. The Hall–Kier alpha value is -2.61. The van der Waals surface area contributed by atoms with Crippen molar-refractivity contribution in [3.63, 3.8) is 0 Å². The Labute approximate surface area is 149 Å². The van der Waals surface area contributed by atoms with Crippen molar-refractivity contribution < 1.29 is 23.9 Å². The zero-order valence-corrected chi connectivity index (χ0v) is 14.6. The lowest BCUT2D eigenvalue weighted by Gasteiger charge is -2.25. The van der Waals surface area contributed by atoms with E-state index in [2.05, 4.69) is 10.1 Å². The van der Waals surface area contributed by atoms with Crippen LogP contribution >= 0.6 is 11.6 Å². The van der Waals surface area contributed by atoms with E-state index in [4.69, 9.17) is 11.6 Å². The maximum Gasteiger partial charge on any atom is 0.413 e. The molecule has 1 heterocycles. The molecule has 1 atom stereocenters. The highest BCUT2D eigenvalue weighted by molar-refractivity contribution is 6.30. The number of ether oxygens (including phenoxy) is 1. The van der Waals surface area contributed by atoms with E-state index in [1.165, 1.54) is 0 Å². The Balaban J connectivity index is 2.19. The van der Waals surface area contributed by atoms with Gasteiger partial charge in [-0.3, -0.25) is 19.8 Å². The third-order valence-electron chi connectivity index (χ3n) is 3.86. The summed E-state index contributed by atoms with van der Waals surface area (Å²) in [4.78, 5) is 48.9. The van der Waals surface area contributed by atoms with E-state index in [0.717, 1.165) is 4.90 Å². The van der Waals surface area contributed by atoms with Crippen molar-refractivity contribution in [1.82, 2.24) is 15.5 Å². The van der Waals surface area contributed by atoms with Gasteiger partial charge in [0.1, 0.15) is 12.1 Å². The average molecular weight is 368 g/mol. The summed E-state index contributed by atoms with van der Waals surface area (Å²) in [6, 6.07) is 5.81. The van der Waals surface area contributed by atoms with E-state index < -0.39 is 36.0 Å². The number of rotatable bonds is 5. The Morgan fingerprint density at radius 2 is 1.88 bits per heavy atom. The maximum absolute atomic E-state index is 12.8. The minimum Gasteiger partial charge on any atom is -0.450 e. The lowest BCUT2D eigenvalue weighted by Crippen LogP contribution is -2.45. The van der Waals surface area contributed by atoms with Crippen LogP contribution in [0.1, 0.15) is 25.8 Å². The molecule has 0 bridgehead atoms. The first-order valence-corrected chi connectivity index (χ1v) is 8.08. The summed E-state index contributed by atoms with van der Waals surface area (Å²) in [7, 11) is 0. The smallest absolute Gasteiger partial charge is 0.413 e. The number of hydrogen-bond donors (Lipinski definition) is 2. The highest BCUT2D eigenvalue weighted by atomic mass is 35.5. The van der Waals surface area contributed by atoms with Crippen LogP contribution in [0.4, 0.5) is 9.59 Å². The number of urea groups is 1.